The zero-order chi connectivity index (χ0) is 26.6. The Balaban J connectivity index is 1.37. The average Bonchev–Trinajstić information content (AvgIpc) is 2.86. The van der Waals surface area contributed by atoms with E-state index in [4.69, 9.17) is 4.98 Å². The van der Waals surface area contributed by atoms with Crippen molar-refractivity contribution >= 4 is 39.3 Å². The third-order valence-corrected chi connectivity index (χ3v) is 8.61. The average molecular weight is 537 g/mol. The fourth-order valence-electron chi connectivity index (χ4n) is 4.15. The molecule has 0 unspecified atom stereocenters. The number of anilines is 2. The van der Waals surface area contributed by atoms with E-state index in [-0.39, 0.29) is 27.9 Å². The van der Waals surface area contributed by atoms with Crippen LogP contribution < -0.4 is 10.0 Å². The van der Waals surface area contributed by atoms with E-state index in [0.717, 1.165) is 30.5 Å². The van der Waals surface area contributed by atoms with Crippen LogP contribution in [0.25, 0.3) is 0 Å². The molecule has 9 nitrogen and oxygen atoms in total. The molecule has 2 N–H and O–H groups in total. The van der Waals surface area contributed by atoms with Gasteiger partial charge in [-0.15, -0.1) is 0 Å². The standard InChI is InChI=1S/C26H28N6O3S2/c1-26(2,3)19-5-10-22-17(14-19)13-18(15-27)24(31-22)36-16-23(33)30-20-6-8-21(9-7-20)37(34,35)32-25-28-11-4-12-29-25/h4,6-9,11-13,19H,5,10,14,16H2,1-3H3,(H,30,33)(H,28,29,32)/t19-/m1/s1. The Bertz CT molecular complexity index is 1430. The van der Waals surface area contributed by atoms with Crippen LogP contribution in [-0.4, -0.2) is 35.0 Å². The number of nitriles is 1. The Morgan fingerprint density at radius 3 is 2.54 bits per heavy atom. The SMILES string of the molecule is CC(C)(C)[C@@H]1CCc2nc(SCC(=O)Nc3ccc(S(=O)(=O)Nc4ncccn4)cc3)c(C#N)cc2C1. The Hall–Kier alpha value is -3.49. The van der Waals surface area contributed by atoms with Crippen LogP contribution in [0.5, 0.6) is 0 Å². The summed E-state index contributed by atoms with van der Waals surface area (Å²) in [5.74, 6) is 0.297. The second-order valence-electron chi connectivity index (χ2n) is 9.90. The van der Waals surface area contributed by atoms with Gasteiger partial charge in [-0.1, -0.05) is 32.5 Å². The fraction of sp³-hybridized carbons (Fsp3) is 0.346. The number of nitrogens with zero attached hydrogens (tertiary/aromatic N) is 4. The van der Waals surface area contributed by atoms with Crippen molar-refractivity contribution in [2.45, 2.75) is 50.0 Å². The topological polar surface area (TPSA) is 138 Å². The van der Waals surface area contributed by atoms with E-state index in [2.05, 4.69) is 46.8 Å². The van der Waals surface area contributed by atoms with Crippen molar-refractivity contribution in [1.82, 2.24) is 15.0 Å². The van der Waals surface area contributed by atoms with Crippen LogP contribution in [0.1, 0.15) is 44.0 Å². The van der Waals surface area contributed by atoms with Gasteiger partial charge in [0, 0.05) is 23.8 Å². The zero-order valence-corrected chi connectivity index (χ0v) is 22.5. The lowest BCUT2D eigenvalue weighted by molar-refractivity contribution is -0.113. The van der Waals surface area contributed by atoms with Crippen LogP contribution in [0.3, 0.4) is 0 Å². The number of aromatic nitrogens is 3. The Morgan fingerprint density at radius 1 is 1.19 bits per heavy atom. The molecule has 1 aliphatic rings. The van der Waals surface area contributed by atoms with Gasteiger partial charge in [0.15, 0.2) is 0 Å². The molecular formula is C26H28N6O3S2. The maximum absolute atomic E-state index is 12.6. The molecule has 1 aromatic carbocycles. The number of amides is 1. The molecule has 2 heterocycles. The molecule has 192 valence electrons. The summed E-state index contributed by atoms with van der Waals surface area (Å²) in [6.07, 6.45) is 5.70. The van der Waals surface area contributed by atoms with E-state index in [0.29, 0.717) is 22.2 Å². The number of carbonyl (C=O) groups is 1. The number of hydrogen-bond donors (Lipinski definition) is 2. The largest absolute Gasteiger partial charge is 0.325 e. The summed E-state index contributed by atoms with van der Waals surface area (Å²) in [4.78, 5) is 25.0. The summed E-state index contributed by atoms with van der Waals surface area (Å²) >= 11 is 1.22. The normalized spacial score (nSPS) is 15.4. The maximum atomic E-state index is 12.6. The molecule has 1 amide bonds. The molecule has 0 bridgehead atoms. The van der Waals surface area contributed by atoms with Gasteiger partial charge in [0.05, 0.1) is 16.2 Å². The minimum Gasteiger partial charge on any atom is -0.325 e. The monoisotopic (exact) mass is 536 g/mol. The molecule has 0 aliphatic heterocycles. The zero-order valence-electron chi connectivity index (χ0n) is 20.9. The van der Waals surface area contributed by atoms with Crippen molar-refractivity contribution in [3.8, 4) is 6.07 Å². The molecule has 1 aliphatic carbocycles. The third kappa shape index (κ3) is 6.64. The molecule has 0 fully saturated rings. The van der Waals surface area contributed by atoms with Crippen LogP contribution in [0.4, 0.5) is 11.6 Å². The molecule has 37 heavy (non-hydrogen) atoms. The van der Waals surface area contributed by atoms with Gasteiger partial charge in [0.1, 0.15) is 11.1 Å². The molecule has 0 radical (unpaired) electrons. The highest BCUT2D eigenvalue weighted by Crippen LogP contribution is 2.38. The smallest absolute Gasteiger partial charge is 0.264 e. The van der Waals surface area contributed by atoms with Crippen LogP contribution in [0.15, 0.2) is 58.7 Å². The van der Waals surface area contributed by atoms with Crippen molar-refractivity contribution in [1.29, 1.82) is 5.26 Å². The number of carbonyl (C=O) groups excluding carboxylic acids is 1. The van der Waals surface area contributed by atoms with Gasteiger partial charge in [-0.25, -0.2) is 28.1 Å². The van der Waals surface area contributed by atoms with Gasteiger partial charge in [-0.3, -0.25) is 4.79 Å². The first-order chi connectivity index (χ1) is 17.5. The lowest BCUT2D eigenvalue weighted by Gasteiger charge is -2.34. The maximum Gasteiger partial charge on any atom is 0.264 e. The van der Waals surface area contributed by atoms with E-state index >= 15 is 0 Å². The Labute approximate surface area is 221 Å². The fourth-order valence-corrected chi connectivity index (χ4v) is 5.89. The molecular weight excluding hydrogens is 508 g/mol. The second kappa shape index (κ2) is 10.9. The van der Waals surface area contributed by atoms with Crippen LogP contribution in [-0.2, 0) is 27.7 Å². The van der Waals surface area contributed by atoms with Crippen LogP contribution in [0, 0.1) is 22.7 Å². The molecule has 4 rings (SSSR count). The van der Waals surface area contributed by atoms with Gasteiger partial charge in [0.25, 0.3) is 10.0 Å². The van der Waals surface area contributed by atoms with E-state index in [1.165, 1.54) is 48.4 Å². The van der Waals surface area contributed by atoms with E-state index < -0.39 is 10.0 Å². The molecule has 1 atom stereocenters. The van der Waals surface area contributed by atoms with Crippen molar-refractivity contribution in [3.63, 3.8) is 0 Å². The first kappa shape index (κ1) is 26.6. The van der Waals surface area contributed by atoms with Crippen molar-refractivity contribution in [2.24, 2.45) is 11.3 Å². The number of fused-ring (bicyclic) bond motifs is 1. The first-order valence-corrected chi connectivity index (χ1v) is 14.3. The first-order valence-electron chi connectivity index (χ1n) is 11.8. The highest BCUT2D eigenvalue weighted by atomic mass is 32.2. The summed E-state index contributed by atoms with van der Waals surface area (Å²) in [7, 11) is -3.86. The minimum absolute atomic E-state index is 0.0120. The highest BCUT2D eigenvalue weighted by Gasteiger charge is 2.30. The van der Waals surface area contributed by atoms with Gasteiger partial charge < -0.3 is 5.32 Å². The molecule has 3 aromatic rings. The quantitative estimate of drug-likeness (QED) is 0.423. The number of sulfonamides is 1. The molecule has 0 saturated heterocycles. The highest BCUT2D eigenvalue weighted by molar-refractivity contribution is 8.00. The number of thioether (sulfide) groups is 1. The summed E-state index contributed by atoms with van der Waals surface area (Å²) in [5.41, 5.74) is 3.27. The third-order valence-electron chi connectivity index (χ3n) is 6.28. The van der Waals surface area contributed by atoms with Crippen molar-refractivity contribution in [2.75, 3.05) is 15.8 Å². The molecule has 2 aromatic heterocycles. The Morgan fingerprint density at radius 2 is 1.89 bits per heavy atom. The van der Waals surface area contributed by atoms with E-state index in [1.54, 1.807) is 6.07 Å². The van der Waals surface area contributed by atoms with Crippen LogP contribution in [0.2, 0.25) is 0 Å². The number of benzene rings is 1. The summed E-state index contributed by atoms with van der Waals surface area (Å²) < 4.78 is 27.3. The van der Waals surface area contributed by atoms with E-state index in [1.807, 2.05) is 6.07 Å². The summed E-state index contributed by atoms with van der Waals surface area (Å²) in [6.45, 7) is 6.73. The van der Waals surface area contributed by atoms with Crippen molar-refractivity contribution in [3.05, 3.63) is 65.6 Å². The van der Waals surface area contributed by atoms with Gasteiger partial charge in [0.2, 0.25) is 11.9 Å². The summed E-state index contributed by atoms with van der Waals surface area (Å²) in [6, 6.07) is 11.5. The summed E-state index contributed by atoms with van der Waals surface area (Å²) in [5, 5.41) is 13.0. The van der Waals surface area contributed by atoms with Gasteiger partial charge in [-0.05, 0) is 72.6 Å². The van der Waals surface area contributed by atoms with Crippen molar-refractivity contribution < 1.29 is 13.2 Å². The van der Waals surface area contributed by atoms with E-state index in [9.17, 15) is 18.5 Å². The predicted molar refractivity (Wildman–Crippen MR) is 143 cm³/mol. The number of nitrogens with one attached hydrogen (secondary N) is 2. The lowest BCUT2D eigenvalue weighted by Crippen LogP contribution is -2.27. The molecule has 0 spiro atoms. The lowest BCUT2D eigenvalue weighted by atomic mass is 9.71. The number of hydrogen-bond acceptors (Lipinski definition) is 8. The number of aryl methyl sites for hydroxylation is 1. The molecule has 11 heteroatoms. The van der Waals surface area contributed by atoms with Crippen LogP contribution >= 0.6 is 11.8 Å². The number of pyridine rings is 1. The van der Waals surface area contributed by atoms with Gasteiger partial charge >= 0.3 is 0 Å². The van der Waals surface area contributed by atoms with Gasteiger partial charge in [-0.2, -0.15) is 5.26 Å². The second-order valence-corrected chi connectivity index (χ2v) is 12.6. The molecule has 0 saturated carbocycles. The minimum atomic E-state index is -3.86. The Kier molecular flexibility index (Phi) is 7.80. The number of rotatable bonds is 7. The predicted octanol–water partition coefficient (Wildman–Crippen LogP) is 4.43.